The molecule has 0 heterocycles. The first-order chi connectivity index (χ1) is 12.7. The Balaban J connectivity index is 0.00000364. The van der Waals surface area contributed by atoms with Crippen LogP contribution in [0.15, 0.2) is 35.3 Å². The molecule has 1 aromatic rings. The number of aliphatic hydroxyl groups is 1. The minimum Gasteiger partial charge on any atom is -0.388 e. The topological polar surface area (TPSA) is 85.8 Å². The van der Waals surface area contributed by atoms with Gasteiger partial charge in [0, 0.05) is 32.1 Å². The lowest BCUT2D eigenvalue weighted by Gasteiger charge is -2.14. The van der Waals surface area contributed by atoms with Crippen molar-refractivity contribution in [2.75, 3.05) is 19.6 Å². The third kappa shape index (κ3) is 9.41. The van der Waals surface area contributed by atoms with Crippen molar-refractivity contribution in [3.63, 3.8) is 0 Å². The van der Waals surface area contributed by atoms with E-state index in [0.29, 0.717) is 37.9 Å². The average molecular weight is 488 g/mol. The summed E-state index contributed by atoms with van der Waals surface area (Å²) >= 11 is 0. The zero-order valence-corrected chi connectivity index (χ0v) is 18.4. The van der Waals surface area contributed by atoms with E-state index in [1.807, 2.05) is 37.3 Å². The van der Waals surface area contributed by atoms with Crippen LogP contribution in [-0.4, -0.2) is 42.6 Å². The number of guanidine groups is 1. The second-order valence-electron chi connectivity index (χ2n) is 6.70. The molecule has 1 aliphatic rings. The first kappa shape index (κ1) is 23.7. The summed E-state index contributed by atoms with van der Waals surface area (Å²) in [5.41, 5.74) is 0.907. The molecular formula is C20H33IN4O2. The van der Waals surface area contributed by atoms with E-state index in [2.05, 4.69) is 20.9 Å². The molecule has 0 radical (unpaired) electrons. The summed E-state index contributed by atoms with van der Waals surface area (Å²) in [4.78, 5) is 16.4. The van der Waals surface area contributed by atoms with Gasteiger partial charge in [0.15, 0.2) is 5.96 Å². The summed E-state index contributed by atoms with van der Waals surface area (Å²) in [6.07, 6.45) is 5.13. The molecule has 4 N–H and O–H groups in total. The Morgan fingerprint density at radius 1 is 1.22 bits per heavy atom. The van der Waals surface area contributed by atoms with Crippen LogP contribution in [0.5, 0.6) is 0 Å². The molecular weight excluding hydrogens is 455 g/mol. The van der Waals surface area contributed by atoms with Gasteiger partial charge < -0.3 is 21.1 Å². The van der Waals surface area contributed by atoms with Crippen molar-refractivity contribution in [1.29, 1.82) is 0 Å². The van der Waals surface area contributed by atoms with Gasteiger partial charge in [0.1, 0.15) is 0 Å². The molecule has 6 nitrogen and oxygen atoms in total. The fourth-order valence-electron chi connectivity index (χ4n) is 3.15. The van der Waals surface area contributed by atoms with Crippen molar-refractivity contribution in [3.8, 4) is 0 Å². The maximum Gasteiger partial charge on any atom is 0.221 e. The second-order valence-corrected chi connectivity index (χ2v) is 6.70. The van der Waals surface area contributed by atoms with E-state index >= 15 is 0 Å². The third-order valence-electron chi connectivity index (χ3n) is 4.57. The van der Waals surface area contributed by atoms with Gasteiger partial charge in [0.2, 0.25) is 5.91 Å². The van der Waals surface area contributed by atoms with Crippen molar-refractivity contribution in [1.82, 2.24) is 16.0 Å². The number of carbonyl (C=O) groups excluding carboxylic acids is 1. The number of hydrogen-bond donors (Lipinski definition) is 4. The molecule has 1 atom stereocenters. The molecule has 0 spiro atoms. The van der Waals surface area contributed by atoms with Crippen LogP contribution < -0.4 is 16.0 Å². The van der Waals surface area contributed by atoms with Gasteiger partial charge in [-0.15, -0.1) is 24.0 Å². The van der Waals surface area contributed by atoms with Gasteiger partial charge in [-0.2, -0.15) is 0 Å². The average Bonchev–Trinajstić information content (AvgIpc) is 3.15. The summed E-state index contributed by atoms with van der Waals surface area (Å²) in [5.74, 6) is 0.779. The van der Waals surface area contributed by atoms with Crippen molar-refractivity contribution in [2.45, 2.75) is 57.6 Å². The van der Waals surface area contributed by atoms with Crippen molar-refractivity contribution in [2.24, 2.45) is 4.99 Å². The lowest BCUT2D eigenvalue weighted by molar-refractivity contribution is -0.121. The molecule has 27 heavy (non-hydrogen) atoms. The van der Waals surface area contributed by atoms with Crippen LogP contribution in [0.2, 0.25) is 0 Å². The largest absolute Gasteiger partial charge is 0.388 e. The number of carbonyl (C=O) groups is 1. The molecule has 0 saturated heterocycles. The van der Waals surface area contributed by atoms with E-state index in [4.69, 9.17) is 0 Å². The first-order valence-electron chi connectivity index (χ1n) is 9.73. The molecule has 1 fully saturated rings. The van der Waals surface area contributed by atoms with E-state index in [0.717, 1.165) is 24.9 Å². The maximum atomic E-state index is 12.0. The van der Waals surface area contributed by atoms with Gasteiger partial charge in [-0.05, 0) is 31.7 Å². The fourth-order valence-corrected chi connectivity index (χ4v) is 3.15. The lowest BCUT2D eigenvalue weighted by Crippen LogP contribution is -2.40. The molecule has 1 amide bonds. The molecule has 0 bridgehead atoms. The van der Waals surface area contributed by atoms with Crippen molar-refractivity contribution in [3.05, 3.63) is 35.9 Å². The highest BCUT2D eigenvalue weighted by atomic mass is 127. The van der Waals surface area contributed by atoms with Gasteiger partial charge in [-0.25, -0.2) is 0 Å². The van der Waals surface area contributed by atoms with Gasteiger partial charge in [-0.3, -0.25) is 9.79 Å². The molecule has 1 aromatic carbocycles. The minimum atomic E-state index is -0.514. The number of rotatable bonds is 9. The molecule has 1 aliphatic carbocycles. The summed E-state index contributed by atoms with van der Waals surface area (Å²) in [5, 5.41) is 19.6. The number of aliphatic hydroxyl groups excluding tert-OH is 1. The van der Waals surface area contributed by atoms with Gasteiger partial charge >= 0.3 is 0 Å². The molecule has 1 unspecified atom stereocenters. The van der Waals surface area contributed by atoms with Gasteiger partial charge in [0.05, 0.1) is 6.10 Å². The number of nitrogens with zero attached hydrogens (tertiary/aromatic N) is 1. The minimum absolute atomic E-state index is 0. The standard InChI is InChI=1S/C20H32N4O2.HI/c1-2-21-20(22-14-12-18(25)16-8-4-3-5-9-16)23-15-13-19(26)24-17-10-6-7-11-17;/h3-5,8-9,17-18,25H,2,6-7,10-15H2,1H3,(H,24,26)(H2,21,22,23);1H. The zero-order valence-electron chi connectivity index (χ0n) is 16.1. The summed E-state index contributed by atoms with van der Waals surface area (Å²) in [7, 11) is 0. The Morgan fingerprint density at radius 2 is 1.93 bits per heavy atom. The summed E-state index contributed by atoms with van der Waals surface area (Å²) in [6, 6.07) is 9.98. The van der Waals surface area contributed by atoms with Crippen LogP contribution in [0.25, 0.3) is 0 Å². The van der Waals surface area contributed by atoms with E-state index in [1.165, 1.54) is 12.8 Å². The van der Waals surface area contributed by atoms with Gasteiger partial charge in [0.25, 0.3) is 0 Å². The highest BCUT2D eigenvalue weighted by Crippen LogP contribution is 2.17. The van der Waals surface area contributed by atoms with Crippen molar-refractivity contribution < 1.29 is 9.90 Å². The number of halogens is 1. The quantitative estimate of drug-likeness (QED) is 0.245. The fraction of sp³-hybridized carbons (Fsp3) is 0.600. The van der Waals surface area contributed by atoms with E-state index in [-0.39, 0.29) is 29.9 Å². The predicted octanol–water partition coefficient (Wildman–Crippen LogP) is 2.73. The summed E-state index contributed by atoms with van der Waals surface area (Å²) in [6.45, 7) is 3.81. The molecule has 0 aliphatic heterocycles. The predicted molar refractivity (Wildman–Crippen MR) is 120 cm³/mol. The smallest absolute Gasteiger partial charge is 0.221 e. The Morgan fingerprint density at radius 3 is 2.59 bits per heavy atom. The van der Waals surface area contributed by atoms with Crippen LogP contribution >= 0.6 is 24.0 Å². The zero-order chi connectivity index (χ0) is 18.6. The van der Waals surface area contributed by atoms with E-state index < -0.39 is 6.10 Å². The van der Waals surface area contributed by atoms with Crippen LogP contribution in [-0.2, 0) is 4.79 Å². The van der Waals surface area contributed by atoms with Crippen LogP contribution in [0, 0.1) is 0 Å². The first-order valence-corrected chi connectivity index (χ1v) is 9.73. The van der Waals surface area contributed by atoms with Crippen LogP contribution in [0.1, 0.15) is 57.1 Å². The highest BCUT2D eigenvalue weighted by Gasteiger charge is 2.16. The molecule has 1 saturated carbocycles. The number of benzene rings is 1. The van der Waals surface area contributed by atoms with Crippen LogP contribution in [0.4, 0.5) is 0 Å². The number of nitrogens with one attached hydrogen (secondary N) is 3. The highest BCUT2D eigenvalue weighted by molar-refractivity contribution is 14.0. The summed E-state index contributed by atoms with van der Waals surface area (Å²) < 4.78 is 0. The monoisotopic (exact) mass is 488 g/mol. The molecule has 7 heteroatoms. The van der Waals surface area contributed by atoms with E-state index in [9.17, 15) is 9.90 Å². The molecule has 0 aromatic heterocycles. The van der Waals surface area contributed by atoms with Crippen LogP contribution in [0.3, 0.4) is 0 Å². The van der Waals surface area contributed by atoms with Gasteiger partial charge in [-0.1, -0.05) is 43.2 Å². The number of amides is 1. The maximum absolute atomic E-state index is 12.0. The third-order valence-corrected chi connectivity index (χ3v) is 4.57. The number of aliphatic imine (C=N–C) groups is 1. The molecule has 2 rings (SSSR count). The Hall–Kier alpha value is -1.35. The molecule has 152 valence electrons. The normalized spacial score (nSPS) is 15.7. The number of hydrogen-bond acceptors (Lipinski definition) is 3. The Kier molecular flexibility index (Phi) is 12.1. The second kappa shape index (κ2) is 13.8. The Labute approximate surface area is 179 Å². The SMILES string of the molecule is CCNC(=NCCC(O)c1ccccc1)NCCC(=O)NC1CCCC1.I. The lowest BCUT2D eigenvalue weighted by atomic mass is 10.1. The van der Waals surface area contributed by atoms with Crippen molar-refractivity contribution >= 4 is 35.8 Å². The Bertz CT molecular complexity index is 562. The van der Waals surface area contributed by atoms with E-state index in [1.54, 1.807) is 0 Å².